The highest BCUT2D eigenvalue weighted by Gasteiger charge is 2.16. The molecule has 1 N–H and O–H groups in total. The van der Waals surface area contributed by atoms with Crippen molar-refractivity contribution in [2.45, 2.75) is 24.3 Å². The lowest BCUT2D eigenvalue weighted by Crippen LogP contribution is -2.25. The van der Waals surface area contributed by atoms with Crippen molar-refractivity contribution >= 4 is 38.4 Å². The van der Waals surface area contributed by atoms with Gasteiger partial charge in [-0.2, -0.15) is 0 Å². The molecule has 8 heteroatoms. The van der Waals surface area contributed by atoms with Crippen molar-refractivity contribution in [2.75, 3.05) is 18.0 Å². The lowest BCUT2D eigenvalue weighted by atomic mass is 10.4. The summed E-state index contributed by atoms with van der Waals surface area (Å²) in [5, 5.41) is 0. The Kier molecular flexibility index (Phi) is 5.12. The van der Waals surface area contributed by atoms with Gasteiger partial charge in [0.1, 0.15) is 11.6 Å². The van der Waals surface area contributed by atoms with E-state index in [4.69, 9.17) is 0 Å². The van der Waals surface area contributed by atoms with Gasteiger partial charge in [-0.05, 0) is 65.8 Å². The van der Waals surface area contributed by atoms with Crippen LogP contribution in [0.4, 0.5) is 5.82 Å². The third-order valence-corrected chi connectivity index (χ3v) is 5.80. The van der Waals surface area contributed by atoms with Crippen molar-refractivity contribution in [1.29, 1.82) is 0 Å². The maximum Gasteiger partial charge on any atom is 0.240 e. The molecule has 23 heavy (non-hydrogen) atoms. The number of halogens is 1. The zero-order chi connectivity index (χ0) is 16.3. The van der Waals surface area contributed by atoms with Crippen LogP contribution in [0.3, 0.4) is 0 Å². The molecule has 1 aromatic heterocycles. The van der Waals surface area contributed by atoms with Gasteiger partial charge in [0, 0.05) is 22.9 Å². The van der Waals surface area contributed by atoms with Crippen LogP contribution in [0.15, 0.2) is 41.4 Å². The van der Waals surface area contributed by atoms with E-state index in [0.29, 0.717) is 5.82 Å². The van der Waals surface area contributed by atoms with E-state index >= 15 is 0 Å². The minimum atomic E-state index is -3.55. The van der Waals surface area contributed by atoms with Crippen molar-refractivity contribution in [3.63, 3.8) is 0 Å². The first kappa shape index (κ1) is 16.6. The van der Waals surface area contributed by atoms with Crippen LogP contribution in [0.1, 0.15) is 18.7 Å². The second-order valence-electron chi connectivity index (χ2n) is 5.30. The normalized spacial score (nSPS) is 15.1. The van der Waals surface area contributed by atoms with Crippen LogP contribution in [-0.4, -0.2) is 31.5 Å². The molecular formula is C15H17IN4O2S. The molecule has 122 valence electrons. The third-order valence-electron chi connectivity index (χ3n) is 3.67. The van der Waals surface area contributed by atoms with Gasteiger partial charge < -0.3 is 4.90 Å². The molecule has 1 aliphatic heterocycles. The van der Waals surface area contributed by atoms with Crippen molar-refractivity contribution < 1.29 is 8.42 Å². The fraction of sp³-hybridized carbons (Fsp3) is 0.333. The highest BCUT2D eigenvalue weighted by atomic mass is 127. The third kappa shape index (κ3) is 4.18. The lowest BCUT2D eigenvalue weighted by molar-refractivity contribution is 0.579. The smallest absolute Gasteiger partial charge is 0.240 e. The fourth-order valence-electron chi connectivity index (χ4n) is 2.45. The molecule has 0 aliphatic carbocycles. The Balaban J connectivity index is 1.70. The first-order chi connectivity index (χ1) is 11.0. The fourth-order valence-corrected chi connectivity index (χ4v) is 3.79. The summed E-state index contributed by atoms with van der Waals surface area (Å²) in [7, 11) is -3.55. The highest BCUT2D eigenvalue weighted by molar-refractivity contribution is 14.1. The Labute approximate surface area is 149 Å². The summed E-state index contributed by atoms with van der Waals surface area (Å²) < 4.78 is 28.1. The predicted octanol–water partition coefficient (Wildman–Crippen LogP) is 2.16. The zero-order valence-corrected chi connectivity index (χ0v) is 15.4. The van der Waals surface area contributed by atoms with E-state index < -0.39 is 10.0 Å². The molecule has 0 bridgehead atoms. The molecule has 2 heterocycles. The summed E-state index contributed by atoms with van der Waals surface area (Å²) in [6.45, 7) is 2.06. The maximum atomic E-state index is 12.3. The number of aromatic nitrogens is 2. The van der Waals surface area contributed by atoms with E-state index in [0.717, 1.165) is 22.5 Å². The second kappa shape index (κ2) is 7.10. The summed E-state index contributed by atoms with van der Waals surface area (Å²) in [5.41, 5.74) is 0. The summed E-state index contributed by atoms with van der Waals surface area (Å²) in [6, 6.07) is 8.57. The molecule has 1 aromatic carbocycles. The van der Waals surface area contributed by atoms with Crippen LogP contribution in [0, 0.1) is 3.57 Å². The van der Waals surface area contributed by atoms with Crippen LogP contribution < -0.4 is 9.62 Å². The van der Waals surface area contributed by atoms with Gasteiger partial charge in [0.05, 0.1) is 11.4 Å². The van der Waals surface area contributed by atoms with Gasteiger partial charge in [-0.25, -0.2) is 23.1 Å². The summed E-state index contributed by atoms with van der Waals surface area (Å²) in [4.78, 5) is 11.0. The summed E-state index contributed by atoms with van der Waals surface area (Å²) in [6.07, 6.45) is 4.01. The first-order valence-corrected chi connectivity index (χ1v) is 9.93. The topological polar surface area (TPSA) is 75.2 Å². The summed E-state index contributed by atoms with van der Waals surface area (Å²) in [5.74, 6) is 1.34. The molecule has 0 atom stereocenters. The number of sulfonamides is 1. The molecule has 1 aliphatic rings. The van der Waals surface area contributed by atoms with E-state index in [2.05, 4.69) is 42.2 Å². The number of hydrogen-bond donors (Lipinski definition) is 1. The van der Waals surface area contributed by atoms with Crippen LogP contribution in [0.5, 0.6) is 0 Å². The number of anilines is 1. The highest BCUT2D eigenvalue weighted by Crippen LogP contribution is 2.17. The molecule has 0 radical (unpaired) electrons. The molecule has 1 fully saturated rings. The molecule has 1 saturated heterocycles. The Morgan fingerprint density at radius 2 is 1.83 bits per heavy atom. The lowest BCUT2D eigenvalue weighted by Gasteiger charge is -2.16. The molecule has 0 saturated carbocycles. The van der Waals surface area contributed by atoms with Crippen LogP contribution in [0.2, 0.25) is 0 Å². The van der Waals surface area contributed by atoms with Crippen LogP contribution >= 0.6 is 22.6 Å². The van der Waals surface area contributed by atoms with E-state index in [1.807, 2.05) is 6.07 Å². The number of nitrogens with one attached hydrogen (secondary N) is 1. The maximum absolute atomic E-state index is 12.3. The Hall–Kier alpha value is -1.26. The van der Waals surface area contributed by atoms with Crippen molar-refractivity contribution in [3.8, 4) is 0 Å². The minimum absolute atomic E-state index is 0.0794. The molecule has 0 spiro atoms. The van der Waals surface area contributed by atoms with Crippen molar-refractivity contribution in [3.05, 3.63) is 45.9 Å². The second-order valence-corrected chi connectivity index (χ2v) is 8.32. The number of benzene rings is 1. The Morgan fingerprint density at radius 3 is 2.52 bits per heavy atom. The molecule has 0 amide bonds. The van der Waals surface area contributed by atoms with E-state index in [1.54, 1.807) is 30.5 Å². The average molecular weight is 444 g/mol. The monoisotopic (exact) mass is 444 g/mol. The van der Waals surface area contributed by atoms with Gasteiger partial charge in [0.15, 0.2) is 0 Å². The van der Waals surface area contributed by atoms with E-state index in [9.17, 15) is 8.42 Å². The van der Waals surface area contributed by atoms with Gasteiger partial charge in [0.25, 0.3) is 0 Å². The predicted molar refractivity (Wildman–Crippen MR) is 96.7 cm³/mol. The molecule has 3 rings (SSSR count). The van der Waals surface area contributed by atoms with Crippen molar-refractivity contribution in [2.24, 2.45) is 0 Å². The Bertz CT molecular complexity index is 774. The van der Waals surface area contributed by atoms with E-state index in [-0.39, 0.29) is 11.4 Å². The Morgan fingerprint density at radius 1 is 1.13 bits per heavy atom. The zero-order valence-electron chi connectivity index (χ0n) is 12.4. The van der Waals surface area contributed by atoms with Crippen molar-refractivity contribution in [1.82, 2.24) is 14.7 Å². The molecule has 6 nitrogen and oxygen atoms in total. The van der Waals surface area contributed by atoms with Gasteiger partial charge in [0.2, 0.25) is 10.0 Å². The van der Waals surface area contributed by atoms with Gasteiger partial charge >= 0.3 is 0 Å². The number of rotatable bonds is 5. The first-order valence-electron chi connectivity index (χ1n) is 7.37. The van der Waals surface area contributed by atoms with E-state index in [1.165, 1.54) is 12.8 Å². The largest absolute Gasteiger partial charge is 0.357 e. The average Bonchev–Trinajstić information content (AvgIpc) is 3.08. The SMILES string of the molecule is O=S(=O)(NCc1nccc(N2CCCC2)n1)c1ccc(I)cc1. The van der Waals surface area contributed by atoms with Gasteiger partial charge in [-0.3, -0.25) is 0 Å². The number of hydrogen-bond acceptors (Lipinski definition) is 5. The molecular weight excluding hydrogens is 427 g/mol. The standard InChI is InChI=1S/C15H17IN4O2S/c16-12-3-5-13(6-4-12)23(21,22)18-11-14-17-8-7-15(19-14)20-9-1-2-10-20/h3-8,18H,1-2,9-11H2. The van der Waals surface area contributed by atoms with Gasteiger partial charge in [-0.15, -0.1) is 0 Å². The number of nitrogens with zero attached hydrogens (tertiary/aromatic N) is 3. The van der Waals surface area contributed by atoms with Gasteiger partial charge in [-0.1, -0.05) is 0 Å². The van der Waals surface area contributed by atoms with Crippen LogP contribution in [0.25, 0.3) is 0 Å². The summed E-state index contributed by atoms with van der Waals surface area (Å²) >= 11 is 2.14. The molecule has 2 aromatic rings. The quantitative estimate of drug-likeness (QED) is 0.716. The minimum Gasteiger partial charge on any atom is -0.357 e. The molecule has 0 unspecified atom stereocenters. The van der Waals surface area contributed by atoms with Crippen LogP contribution in [-0.2, 0) is 16.6 Å².